The van der Waals surface area contributed by atoms with Gasteiger partial charge in [0, 0.05) is 32.7 Å². The average Bonchev–Trinajstić information content (AvgIpc) is 2.22. The van der Waals surface area contributed by atoms with Gasteiger partial charge in [-0.25, -0.2) is 0 Å². The van der Waals surface area contributed by atoms with Crippen LogP contribution in [-0.2, 0) is 32.7 Å². The predicted molar refractivity (Wildman–Crippen MR) is 55.0 cm³/mol. The van der Waals surface area contributed by atoms with Crippen LogP contribution in [0.25, 0.3) is 0 Å². The molecule has 0 amide bonds. The fraction of sp³-hybridized carbons (Fsp3) is 0. The second kappa shape index (κ2) is 8.92. The Morgan fingerprint density at radius 3 is 1.71 bits per heavy atom. The first-order chi connectivity index (χ1) is 6.39. The molecule has 0 aliphatic rings. The zero-order valence-corrected chi connectivity index (χ0v) is 10.7. The summed E-state index contributed by atoms with van der Waals surface area (Å²) in [6.45, 7) is 0. The van der Waals surface area contributed by atoms with E-state index in [0.29, 0.717) is 5.69 Å². The number of nitrogens with two attached hydrogens (primary N) is 1. The zero-order chi connectivity index (χ0) is 9.36. The number of rotatable bonds is 0. The van der Waals surface area contributed by atoms with Gasteiger partial charge in [0.25, 0.3) is 0 Å². The van der Waals surface area contributed by atoms with E-state index in [-0.39, 0.29) is 32.7 Å². The fourth-order valence-corrected chi connectivity index (χ4v) is 0.749. The number of hydrogen-bond acceptors (Lipinski definition) is 1. The zero-order valence-electron chi connectivity index (χ0n) is 7.85. The van der Waals surface area contributed by atoms with E-state index in [9.17, 15) is 0 Å². The number of nitrogen functional groups attached to an aromatic ring is 1. The van der Waals surface area contributed by atoms with Crippen LogP contribution in [0.1, 0.15) is 0 Å². The topological polar surface area (TPSA) is 26.0 Å². The van der Waals surface area contributed by atoms with Gasteiger partial charge in [-0.3, -0.25) is 0 Å². The van der Waals surface area contributed by atoms with E-state index in [0.717, 1.165) is 0 Å². The largest absolute Gasteiger partial charge is 0.420 e. The summed E-state index contributed by atoms with van der Waals surface area (Å²) >= 11 is 0. The summed E-state index contributed by atoms with van der Waals surface area (Å²) in [5.74, 6) is 0. The standard InChI is InChI=1S/C6H6N.C6H5.Y/c7-6-4-2-1-3-5-6;1-2-4-6-5-3-1;/h1-4H,7H2;1-5H;/q2*-1;. The molecule has 2 aromatic rings. The SMILES string of the molecule is Nc1[c-]cccc1.[Y].[c-]1ccccc1. The van der Waals surface area contributed by atoms with Crippen molar-refractivity contribution in [3.63, 3.8) is 0 Å². The smallest absolute Gasteiger partial charge is 0 e. The number of benzene rings is 2. The maximum absolute atomic E-state index is 5.30. The Bertz CT molecular complexity index is 281. The molecule has 0 bridgehead atoms. The molecule has 0 aliphatic heterocycles. The Morgan fingerprint density at radius 2 is 1.50 bits per heavy atom. The molecule has 2 N–H and O–H groups in total. The molecular formula is C12H11NY-2. The van der Waals surface area contributed by atoms with Crippen LogP contribution in [-0.4, -0.2) is 0 Å². The summed E-state index contributed by atoms with van der Waals surface area (Å²) in [7, 11) is 0. The van der Waals surface area contributed by atoms with Crippen LogP contribution in [0.15, 0.2) is 54.6 Å². The summed E-state index contributed by atoms with van der Waals surface area (Å²) in [4.78, 5) is 0. The van der Waals surface area contributed by atoms with Gasteiger partial charge < -0.3 is 5.73 Å². The van der Waals surface area contributed by atoms with E-state index in [1.165, 1.54) is 0 Å². The second-order valence-corrected chi connectivity index (χ2v) is 2.40. The molecule has 0 aliphatic carbocycles. The van der Waals surface area contributed by atoms with Crippen LogP contribution in [0.3, 0.4) is 0 Å². The minimum Gasteiger partial charge on any atom is -0.420 e. The van der Waals surface area contributed by atoms with E-state index in [4.69, 9.17) is 5.73 Å². The summed E-state index contributed by atoms with van der Waals surface area (Å²) in [6, 6.07) is 22.7. The van der Waals surface area contributed by atoms with Crippen molar-refractivity contribution in [3.8, 4) is 0 Å². The van der Waals surface area contributed by atoms with Crippen LogP contribution < -0.4 is 5.73 Å². The van der Waals surface area contributed by atoms with Gasteiger partial charge in [-0.05, 0) is 0 Å². The van der Waals surface area contributed by atoms with E-state index >= 15 is 0 Å². The first-order valence-corrected chi connectivity index (χ1v) is 4.03. The Kier molecular flexibility index (Phi) is 8.50. The van der Waals surface area contributed by atoms with Gasteiger partial charge >= 0.3 is 0 Å². The summed E-state index contributed by atoms with van der Waals surface area (Å²) < 4.78 is 0. The van der Waals surface area contributed by atoms with Gasteiger partial charge in [0.15, 0.2) is 0 Å². The van der Waals surface area contributed by atoms with Gasteiger partial charge in [-0.15, -0.1) is 6.07 Å². The van der Waals surface area contributed by atoms with Crippen molar-refractivity contribution in [2.45, 2.75) is 0 Å². The molecule has 0 spiro atoms. The van der Waals surface area contributed by atoms with Crippen molar-refractivity contribution in [1.29, 1.82) is 0 Å². The number of anilines is 1. The third-order valence-electron chi connectivity index (χ3n) is 1.34. The Labute approximate surface area is 110 Å². The third-order valence-corrected chi connectivity index (χ3v) is 1.34. The van der Waals surface area contributed by atoms with Crippen LogP contribution in [0, 0.1) is 12.1 Å². The molecule has 2 rings (SSSR count). The van der Waals surface area contributed by atoms with Crippen LogP contribution in [0.4, 0.5) is 5.69 Å². The molecule has 14 heavy (non-hydrogen) atoms. The maximum Gasteiger partial charge on any atom is 0 e. The van der Waals surface area contributed by atoms with Gasteiger partial charge in [-0.2, -0.15) is 60.7 Å². The Hall–Kier alpha value is -0.656. The van der Waals surface area contributed by atoms with Crippen LogP contribution in [0.5, 0.6) is 0 Å². The number of hydrogen-bond donors (Lipinski definition) is 1. The molecular weight excluding hydrogens is 247 g/mol. The van der Waals surface area contributed by atoms with Crippen LogP contribution in [0.2, 0.25) is 0 Å². The van der Waals surface area contributed by atoms with Crippen molar-refractivity contribution in [2.24, 2.45) is 0 Å². The Morgan fingerprint density at radius 1 is 0.857 bits per heavy atom. The molecule has 1 nitrogen and oxygen atoms in total. The third kappa shape index (κ3) is 6.82. The van der Waals surface area contributed by atoms with E-state index in [1.54, 1.807) is 12.1 Å². The van der Waals surface area contributed by atoms with E-state index in [1.807, 2.05) is 42.5 Å². The van der Waals surface area contributed by atoms with Gasteiger partial charge in [0.2, 0.25) is 0 Å². The second-order valence-electron chi connectivity index (χ2n) is 2.40. The molecule has 0 unspecified atom stereocenters. The average molecular weight is 258 g/mol. The van der Waals surface area contributed by atoms with Crippen molar-refractivity contribution in [2.75, 3.05) is 5.73 Å². The van der Waals surface area contributed by atoms with Crippen molar-refractivity contribution in [1.82, 2.24) is 0 Å². The fourth-order valence-electron chi connectivity index (χ4n) is 0.749. The molecule has 0 heterocycles. The van der Waals surface area contributed by atoms with Gasteiger partial charge in [0.05, 0.1) is 0 Å². The molecule has 0 saturated carbocycles. The summed E-state index contributed by atoms with van der Waals surface area (Å²) in [5.41, 5.74) is 6.00. The Balaban J connectivity index is 0.000000227. The summed E-state index contributed by atoms with van der Waals surface area (Å²) in [6.07, 6.45) is 0. The van der Waals surface area contributed by atoms with Gasteiger partial charge in [-0.1, -0.05) is 5.69 Å². The quantitative estimate of drug-likeness (QED) is 0.570. The van der Waals surface area contributed by atoms with E-state index < -0.39 is 0 Å². The molecule has 0 atom stereocenters. The minimum absolute atomic E-state index is 0. The maximum atomic E-state index is 5.30. The van der Waals surface area contributed by atoms with Crippen LogP contribution >= 0.6 is 0 Å². The first-order valence-electron chi connectivity index (χ1n) is 4.03. The number of para-hydroxylation sites is 1. The van der Waals surface area contributed by atoms with Gasteiger partial charge in [0.1, 0.15) is 0 Å². The molecule has 2 heteroatoms. The predicted octanol–water partition coefficient (Wildman–Crippen LogP) is 2.55. The molecule has 0 fully saturated rings. The normalized spacial score (nSPS) is 7.71. The monoisotopic (exact) mass is 258 g/mol. The molecule has 2 aromatic carbocycles. The van der Waals surface area contributed by atoms with Crippen molar-refractivity contribution >= 4 is 5.69 Å². The molecule has 0 saturated heterocycles. The molecule has 69 valence electrons. The van der Waals surface area contributed by atoms with Crippen molar-refractivity contribution < 1.29 is 32.7 Å². The summed E-state index contributed by atoms with van der Waals surface area (Å²) in [5, 5.41) is 0. The molecule has 1 radical (unpaired) electrons. The molecule has 0 aromatic heterocycles. The van der Waals surface area contributed by atoms with E-state index in [2.05, 4.69) is 12.1 Å². The minimum atomic E-state index is 0. The first kappa shape index (κ1) is 13.3. The van der Waals surface area contributed by atoms with Crippen molar-refractivity contribution in [3.05, 3.63) is 66.7 Å².